The van der Waals surface area contributed by atoms with Crippen LogP contribution in [0, 0.1) is 11.8 Å². The van der Waals surface area contributed by atoms with Gasteiger partial charge in [0.15, 0.2) is 0 Å². The molecule has 5 heteroatoms. The molecular formula is C16H29N3O2. The van der Waals surface area contributed by atoms with Crippen molar-refractivity contribution in [3.8, 4) is 0 Å². The molecule has 0 aromatic rings. The molecule has 0 radical (unpaired) electrons. The number of piperidine rings is 1. The van der Waals surface area contributed by atoms with E-state index in [1.165, 1.54) is 32.4 Å². The average molecular weight is 295 g/mol. The SMILES string of the molecule is COCCCNC(=O)CN1C[C@@H]2CN3CCCC[C@H]3[C@H]2C1. The number of nitrogens with one attached hydrogen (secondary N) is 1. The maximum atomic E-state index is 12.0. The van der Waals surface area contributed by atoms with Gasteiger partial charge in [-0.3, -0.25) is 14.6 Å². The molecule has 0 bridgehead atoms. The monoisotopic (exact) mass is 295 g/mol. The standard InChI is InChI=1S/C16H29N3O2/c1-21-8-4-6-17-16(20)12-18-9-13-10-19-7-3-2-5-15(19)14(13)11-18/h13-15H,2-12H2,1H3,(H,17,20)/t13-,14+,15+/m1/s1. The van der Waals surface area contributed by atoms with Crippen LogP contribution in [0.1, 0.15) is 25.7 Å². The zero-order chi connectivity index (χ0) is 14.7. The van der Waals surface area contributed by atoms with Gasteiger partial charge >= 0.3 is 0 Å². The van der Waals surface area contributed by atoms with Gasteiger partial charge in [-0.15, -0.1) is 0 Å². The van der Waals surface area contributed by atoms with Crippen molar-refractivity contribution in [2.75, 3.05) is 53.0 Å². The van der Waals surface area contributed by atoms with Gasteiger partial charge in [-0.05, 0) is 37.6 Å². The summed E-state index contributed by atoms with van der Waals surface area (Å²) in [5, 5.41) is 3.00. The van der Waals surface area contributed by atoms with Crippen molar-refractivity contribution in [3.05, 3.63) is 0 Å². The first-order valence-electron chi connectivity index (χ1n) is 8.50. The Bertz CT molecular complexity index is 363. The lowest BCUT2D eigenvalue weighted by molar-refractivity contribution is -0.122. The molecule has 0 aromatic heterocycles. The fraction of sp³-hybridized carbons (Fsp3) is 0.938. The minimum absolute atomic E-state index is 0.173. The van der Waals surface area contributed by atoms with E-state index in [-0.39, 0.29) is 5.91 Å². The molecule has 1 N–H and O–H groups in total. The van der Waals surface area contributed by atoms with Crippen LogP contribution in [0.5, 0.6) is 0 Å². The van der Waals surface area contributed by atoms with Crippen molar-refractivity contribution in [1.29, 1.82) is 0 Å². The summed E-state index contributed by atoms with van der Waals surface area (Å²) >= 11 is 0. The highest BCUT2D eigenvalue weighted by molar-refractivity contribution is 5.78. The number of likely N-dealkylation sites (tertiary alicyclic amines) is 1. The number of rotatable bonds is 6. The van der Waals surface area contributed by atoms with E-state index in [9.17, 15) is 4.79 Å². The summed E-state index contributed by atoms with van der Waals surface area (Å²) < 4.78 is 4.99. The second-order valence-electron chi connectivity index (χ2n) is 6.87. The number of nitrogens with zero attached hydrogens (tertiary/aromatic N) is 2. The van der Waals surface area contributed by atoms with Crippen LogP contribution in [0.4, 0.5) is 0 Å². The van der Waals surface area contributed by atoms with Gasteiger partial charge in [-0.25, -0.2) is 0 Å². The average Bonchev–Trinajstić information content (AvgIpc) is 3.00. The quantitative estimate of drug-likeness (QED) is 0.727. The minimum atomic E-state index is 0.173. The lowest BCUT2D eigenvalue weighted by Crippen LogP contribution is -2.42. The molecule has 0 aliphatic carbocycles. The number of fused-ring (bicyclic) bond motifs is 3. The molecule has 0 aromatic carbocycles. The Morgan fingerprint density at radius 2 is 2.19 bits per heavy atom. The van der Waals surface area contributed by atoms with Gasteiger partial charge in [0.2, 0.25) is 5.91 Å². The van der Waals surface area contributed by atoms with E-state index < -0.39 is 0 Å². The van der Waals surface area contributed by atoms with Crippen LogP contribution in [0.15, 0.2) is 0 Å². The van der Waals surface area contributed by atoms with Gasteiger partial charge in [0.1, 0.15) is 0 Å². The number of hydrogen-bond acceptors (Lipinski definition) is 4. The summed E-state index contributed by atoms with van der Waals surface area (Å²) in [6, 6.07) is 0.804. The van der Waals surface area contributed by atoms with Crippen molar-refractivity contribution in [2.45, 2.75) is 31.7 Å². The van der Waals surface area contributed by atoms with Gasteiger partial charge in [-0.2, -0.15) is 0 Å². The van der Waals surface area contributed by atoms with Crippen LogP contribution >= 0.6 is 0 Å². The first-order valence-corrected chi connectivity index (χ1v) is 8.50. The molecule has 0 unspecified atom stereocenters. The summed E-state index contributed by atoms with van der Waals surface area (Å²) in [5.41, 5.74) is 0. The van der Waals surface area contributed by atoms with Gasteiger partial charge in [0.05, 0.1) is 6.54 Å². The third-order valence-corrected chi connectivity index (χ3v) is 5.41. The predicted molar refractivity (Wildman–Crippen MR) is 82.1 cm³/mol. The summed E-state index contributed by atoms with van der Waals surface area (Å²) in [7, 11) is 1.69. The molecule has 3 aliphatic rings. The molecule has 120 valence electrons. The Morgan fingerprint density at radius 1 is 1.29 bits per heavy atom. The Labute approximate surface area is 128 Å². The Kier molecular flexibility index (Phi) is 5.14. The first kappa shape index (κ1) is 15.3. The Balaban J connectivity index is 1.40. The third kappa shape index (κ3) is 3.58. The van der Waals surface area contributed by atoms with E-state index in [1.807, 2.05) is 0 Å². The Morgan fingerprint density at radius 3 is 3.05 bits per heavy atom. The summed E-state index contributed by atoms with van der Waals surface area (Å²) in [6.45, 7) is 6.82. The summed E-state index contributed by atoms with van der Waals surface area (Å²) in [5.74, 6) is 1.78. The van der Waals surface area contributed by atoms with Crippen molar-refractivity contribution in [3.63, 3.8) is 0 Å². The maximum Gasteiger partial charge on any atom is 0.234 e. The zero-order valence-electron chi connectivity index (χ0n) is 13.2. The molecular weight excluding hydrogens is 266 g/mol. The molecule has 3 rings (SSSR count). The van der Waals surface area contributed by atoms with E-state index in [0.29, 0.717) is 13.2 Å². The van der Waals surface area contributed by atoms with Crippen molar-refractivity contribution in [2.24, 2.45) is 11.8 Å². The molecule has 5 nitrogen and oxygen atoms in total. The molecule has 1 amide bonds. The van der Waals surface area contributed by atoms with Crippen LogP contribution in [0.3, 0.4) is 0 Å². The van der Waals surface area contributed by atoms with Gasteiger partial charge in [-0.1, -0.05) is 6.42 Å². The maximum absolute atomic E-state index is 12.0. The normalized spacial score (nSPS) is 32.9. The molecule has 3 heterocycles. The van der Waals surface area contributed by atoms with E-state index in [2.05, 4.69) is 15.1 Å². The highest BCUT2D eigenvalue weighted by Gasteiger charge is 2.47. The van der Waals surface area contributed by atoms with Gasteiger partial charge < -0.3 is 10.1 Å². The topological polar surface area (TPSA) is 44.8 Å². The predicted octanol–water partition coefficient (Wildman–Crippen LogP) is 0.555. The number of hydrogen-bond donors (Lipinski definition) is 1. The van der Waals surface area contributed by atoms with Crippen LogP contribution in [-0.2, 0) is 9.53 Å². The van der Waals surface area contributed by atoms with Crippen LogP contribution in [-0.4, -0.2) is 74.7 Å². The van der Waals surface area contributed by atoms with E-state index in [0.717, 1.165) is 43.9 Å². The number of methoxy groups -OCH3 is 1. The van der Waals surface area contributed by atoms with Crippen molar-refractivity contribution >= 4 is 5.91 Å². The molecule has 3 atom stereocenters. The molecule has 21 heavy (non-hydrogen) atoms. The van der Waals surface area contributed by atoms with E-state index in [1.54, 1.807) is 7.11 Å². The fourth-order valence-corrected chi connectivity index (χ4v) is 4.48. The molecule has 3 saturated heterocycles. The van der Waals surface area contributed by atoms with Crippen molar-refractivity contribution < 1.29 is 9.53 Å². The number of carbonyl (C=O) groups is 1. The second kappa shape index (κ2) is 7.07. The third-order valence-electron chi connectivity index (χ3n) is 5.41. The highest BCUT2D eigenvalue weighted by Crippen LogP contribution is 2.40. The summed E-state index contributed by atoms with van der Waals surface area (Å²) in [4.78, 5) is 17.0. The number of ether oxygens (including phenoxy) is 1. The highest BCUT2D eigenvalue weighted by atomic mass is 16.5. The van der Waals surface area contributed by atoms with E-state index >= 15 is 0 Å². The van der Waals surface area contributed by atoms with Crippen molar-refractivity contribution in [1.82, 2.24) is 15.1 Å². The largest absolute Gasteiger partial charge is 0.385 e. The molecule has 0 saturated carbocycles. The lowest BCUT2D eigenvalue weighted by Gasteiger charge is -2.33. The molecule has 3 fully saturated rings. The molecule has 3 aliphatic heterocycles. The zero-order valence-corrected chi connectivity index (χ0v) is 13.2. The van der Waals surface area contributed by atoms with Crippen LogP contribution in [0.2, 0.25) is 0 Å². The lowest BCUT2D eigenvalue weighted by atomic mass is 9.90. The number of carbonyl (C=O) groups excluding carboxylic acids is 1. The smallest absolute Gasteiger partial charge is 0.234 e. The fourth-order valence-electron chi connectivity index (χ4n) is 4.48. The number of amides is 1. The summed E-state index contributed by atoms with van der Waals surface area (Å²) in [6.07, 6.45) is 5.04. The van der Waals surface area contributed by atoms with E-state index in [4.69, 9.17) is 4.74 Å². The van der Waals surface area contributed by atoms with Gasteiger partial charge in [0.25, 0.3) is 0 Å². The van der Waals surface area contributed by atoms with Crippen LogP contribution < -0.4 is 5.32 Å². The van der Waals surface area contributed by atoms with Gasteiger partial charge in [0, 0.05) is 45.9 Å². The first-order chi connectivity index (χ1) is 10.3. The van der Waals surface area contributed by atoms with Crippen LogP contribution in [0.25, 0.3) is 0 Å². The second-order valence-corrected chi connectivity index (χ2v) is 6.87. The minimum Gasteiger partial charge on any atom is -0.385 e. The Hall–Kier alpha value is -0.650. The molecule has 0 spiro atoms.